The second kappa shape index (κ2) is 6.90. The second-order valence-electron chi connectivity index (χ2n) is 3.69. The number of methoxy groups -OCH3 is 1. The predicted molar refractivity (Wildman–Crippen MR) is 60.3 cm³/mol. The van der Waals surface area contributed by atoms with Crippen molar-refractivity contribution in [1.82, 2.24) is 10.6 Å². The van der Waals surface area contributed by atoms with Crippen molar-refractivity contribution in [1.29, 1.82) is 0 Å². The van der Waals surface area contributed by atoms with E-state index in [0.29, 0.717) is 6.61 Å². The van der Waals surface area contributed by atoms with E-state index in [1.807, 2.05) is 6.92 Å². The Morgan fingerprint density at radius 3 is 2.19 bits per heavy atom. The molecule has 0 spiro atoms. The third kappa shape index (κ3) is 8.72. The first-order chi connectivity index (χ1) is 7.24. The lowest BCUT2D eigenvalue weighted by Crippen LogP contribution is -2.46. The molecule has 16 heavy (non-hydrogen) atoms. The van der Waals surface area contributed by atoms with Crippen molar-refractivity contribution >= 4 is 17.3 Å². The van der Waals surface area contributed by atoms with E-state index < -0.39 is 18.6 Å². The standard InChI is InChI=1S/C9H17F3N2OS/c1-6(4-9(10,11)12)13-8(16)14-7(2)5-15-3/h6-7H,4-5H2,1-3H3,(H2,13,14,16). The smallest absolute Gasteiger partial charge is 0.383 e. The average molecular weight is 258 g/mol. The van der Waals surface area contributed by atoms with Crippen LogP contribution in [0.3, 0.4) is 0 Å². The number of thiocarbonyl (C=S) groups is 1. The number of rotatable bonds is 5. The zero-order valence-electron chi connectivity index (χ0n) is 9.52. The number of nitrogens with one attached hydrogen (secondary N) is 2. The van der Waals surface area contributed by atoms with E-state index in [-0.39, 0.29) is 11.2 Å². The fourth-order valence-electron chi connectivity index (χ4n) is 1.18. The highest BCUT2D eigenvalue weighted by molar-refractivity contribution is 7.80. The summed E-state index contributed by atoms with van der Waals surface area (Å²) in [6.45, 7) is 3.70. The summed E-state index contributed by atoms with van der Waals surface area (Å²) >= 11 is 4.86. The van der Waals surface area contributed by atoms with E-state index in [0.717, 1.165) is 0 Å². The Kier molecular flexibility index (Phi) is 6.66. The van der Waals surface area contributed by atoms with Crippen molar-refractivity contribution in [3.05, 3.63) is 0 Å². The molecule has 2 N–H and O–H groups in total. The molecule has 0 saturated carbocycles. The van der Waals surface area contributed by atoms with Gasteiger partial charge in [-0.3, -0.25) is 0 Å². The third-order valence-electron chi connectivity index (χ3n) is 1.71. The minimum atomic E-state index is -4.18. The molecule has 0 fully saturated rings. The molecule has 0 aliphatic carbocycles. The molecule has 7 heteroatoms. The average Bonchev–Trinajstić information content (AvgIpc) is 1.98. The van der Waals surface area contributed by atoms with Crippen LogP contribution in [-0.2, 0) is 4.74 Å². The van der Waals surface area contributed by atoms with Crippen LogP contribution in [0.1, 0.15) is 20.3 Å². The molecule has 0 aromatic carbocycles. The van der Waals surface area contributed by atoms with Gasteiger partial charge in [-0.2, -0.15) is 13.2 Å². The van der Waals surface area contributed by atoms with Crippen LogP contribution in [0.25, 0.3) is 0 Å². The van der Waals surface area contributed by atoms with Crippen molar-refractivity contribution in [2.24, 2.45) is 0 Å². The highest BCUT2D eigenvalue weighted by Crippen LogP contribution is 2.21. The van der Waals surface area contributed by atoms with Crippen molar-refractivity contribution in [3.8, 4) is 0 Å². The molecule has 2 atom stereocenters. The number of hydrogen-bond acceptors (Lipinski definition) is 2. The fraction of sp³-hybridized carbons (Fsp3) is 0.889. The summed E-state index contributed by atoms with van der Waals surface area (Å²) in [5.74, 6) is 0. The Bertz CT molecular complexity index is 223. The Morgan fingerprint density at radius 2 is 1.75 bits per heavy atom. The summed E-state index contributed by atoms with van der Waals surface area (Å²) < 4.78 is 40.9. The molecule has 0 aliphatic rings. The van der Waals surface area contributed by atoms with Gasteiger partial charge in [0, 0.05) is 19.2 Å². The van der Waals surface area contributed by atoms with Crippen LogP contribution in [0.2, 0.25) is 0 Å². The quantitative estimate of drug-likeness (QED) is 0.737. The van der Waals surface area contributed by atoms with Crippen molar-refractivity contribution in [3.63, 3.8) is 0 Å². The normalized spacial score (nSPS) is 15.4. The van der Waals surface area contributed by atoms with Gasteiger partial charge < -0.3 is 15.4 Å². The van der Waals surface area contributed by atoms with Gasteiger partial charge in [0.1, 0.15) is 0 Å². The molecule has 0 heterocycles. The Balaban J connectivity index is 3.87. The molecule has 0 aromatic heterocycles. The van der Waals surface area contributed by atoms with E-state index >= 15 is 0 Å². The van der Waals surface area contributed by atoms with Gasteiger partial charge in [-0.15, -0.1) is 0 Å². The topological polar surface area (TPSA) is 33.3 Å². The van der Waals surface area contributed by atoms with Crippen molar-refractivity contribution in [2.75, 3.05) is 13.7 Å². The van der Waals surface area contributed by atoms with Gasteiger partial charge in [-0.1, -0.05) is 0 Å². The van der Waals surface area contributed by atoms with Crippen LogP contribution in [0, 0.1) is 0 Å². The van der Waals surface area contributed by atoms with E-state index in [1.54, 1.807) is 7.11 Å². The predicted octanol–water partition coefficient (Wildman–Crippen LogP) is 1.83. The van der Waals surface area contributed by atoms with Gasteiger partial charge in [0.15, 0.2) is 5.11 Å². The first-order valence-electron chi connectivity index (χ1n) is 4.87. The zero-order valence-corrected chi connectivity index (χ0v) is 10.3. The summed E-state index contributed by atoms with van der Waals surface area (Å²) in [5, 5.41) is 5.61. The molecule has 0 aliphatic heterocycles. The maximum Gasteiger partial charge on any atom is 0.391 e. The Labute approximate surface area is 98.7 Å². The maximum absolute atomic E-state index is 12.0. The van der Waals surface area contributed by atoms with Gasteiger partial charge in [0.05, 0.1) is 13.0 Å². The molecule has 0 amide bonds. The minimum absolute atomic E-state index is 0.0388. The summed E-state index contributed by atoms with van der Waals surface area (Å²) in [6, 6.07) is -0.780. The summed E-state index contributed by atoms with van der Waals surface area (Å²) in [5.41, 5.74) is 0. The van der Waals surface area contributed by atoms with E-state index in [9.17, 15) is 13.2 Å². The largest absolute Gasteiger partial charge is 0.391 e. The first kappa shape index (κ1) is 15.4. The molecule has 0 rings (SSSR count). The molecule has 96 valence electrons. The number of hydrogen-bond donors (Lipinski definition) is 2. The van der Waals surface area contributed by atoms with E-state index in [1.165, 1.54) is 6.92 Å². The van der Waals surface area contributed by atoms with Crippen LogP contribution in [0.15, 0.2) is 0 Å². The van der Waals surface area contributed by atoms with Gasteiger partial charge in [0.2, 0.25) is 0 Å². The van der Waals surface area contributed by atoms with Crippen LogP contribution >= 0.6 is 12.2 Å². The zero-order chi connectivity index (χ0) is 12.8. The molecule has 0 radical (unpaired) electrons. The van der Waals surface area contributed by atoms with Crippen molar-refractivity contribution < 1.29 is 17.9 Å². The van der Waals surface area contributed by atoms with Gasteiger partial charge in [-0.25, -0.2) is 0 Å². The summed E-state index contributed by atoms with van der Waals surface area (Å²) in [6.07, 6.45) is -5.09. The molecule has 0 bridgehead atoms. The lowest BCUT2D eigenvalue weighted by atomic mass is 10.2. The van der Waals surface area contributed by atoms with E-state index in [4.69, 9.17) is 17.0 Å². The minimum Gasteiger partial charge on any atom is -0.383 e. The van der Waals surface area contributed by atoms with Crippen LogP contribution in [-0.4, -0.2) is 37.1 Å². The molecule has 0 saturated heterocycles. The number of halogens is 3. The SMILES string of the molecule is COCC(C)NC(=S)NC(C)CC(F)(F)F. The van der Waals surface area contributed by atoms with Crippen molar-refractivity contribution in [2.45, 2.75) is 38.5 Å². The highest BCUT2D eigenvalue weighted by Gasteiger charge is 2.30. The monoisotopic (exact) mass is 258 g/mol. The Hall–Kier alpha value is -0.560. The third-order valence-corrected chi connectivity index (χ3v) is 1.94. The lowest BCUT2D eigenvalue weighted by Gasteiger charge is -2.20. The maximum atomic E-state index is 12.0. The highest BCUT2D eigenvalue weighted by atomic mass is 32.1. The van der Waals surface area contributed by atoms with Gasteiger partial charge in [0.25, 0.3) is 0 Å². The fourth-order valence-corrected chi connectivity index (χ4v) is 1.58. The number of ether oxygens (including phenoxy) is 1. The first-order valence-corrected chi connectivity index (χ1v) is 5.28. The summed E-state index contributed by atoms with van der Waals surface area (Å²) in [7, 11) is 1.54. The number of alkyl halides is 3. The Morgan fingerprint density at radius 1 is 1.25 bits per heavy atom. The molecular weight excluding hydrogens is 241 g/mol. The molecule has 2 unspecified atom stereocenters. The van der Waals surface area contributed by atoms with Gasteiger partial charge >= 0.3 is 6.18 Å². The second-order valence-corrected chi connectivity index (χ2v) is 4.10. The molecule has 3 nitrogen and oxygen atoms in total. The van der Waals surface area contributed by atoms with Gasteiger partial charge in [-0.05, 0) is 26.1 Å². The molecule has 0 aromatic rings. The van der Waals surface area contributed by atoms with Crippen LogP contribution in [0.5, 0.6) is 0 Å². The van der Waals surface area contributed by atoms with E-state index in [2.05, 4.69) is 10.6 Å². The molecular formula is C9H17F3N2OS. The lowest BCUT2D eigenvalue weighted by molar-refractivity contribution is -0.138. The summed E-state index contributed by atoms with van der Waals surface area (Å²) in [4.78, 5) is 0. The van der Waals surface area contributed by atoms with Crippen LogP contribution in [0.4, 0.5) is 13.2 Å². The van der Waals surface area contributed by atoms with Crippen LogP contribution < -0.4 is 10.6 Å².